The maximum absolute atomic E-state index is 14.0. The summed E-state index contributed by atoms with van der Waals surface area (Å²) in [6.07, 6.45) is 0.850. The molecule has 0 radical (unpaired) electrons. The number of esters is 1. The molecule has 1 unspecified atom stereocenters. The summed E-state index contributed by atoms with van der Waals surface area (Å²) in [7, 11) is 0. The highest BCUT2D eigenvalue weighted by Crippen LogP contribution is 2.39. The third-order valence-electron chi connectivity index (χ3n) is 8.12. The number of ether oxygens (including phenoxy) is 1. The second-order valence-electron chi connectivity index (χ2n) is 10.9. The predicted molar refractivity (Wildman–Crippen MR) is 163 cm³/mol. The zero-order valence-electron chi connectivity index (χ0n) is 24.5. The molecule has 43 heavy (non-hydrogen) atoms. The number of carbonyl (C=O) groups is 4. The Labute approximate surface area is 251 Å². The van der Waals surface area contributed by atoms with Crippen LogP contribution in [0.25, 0.3) is 0 Å². The van der Waals surface area contributed by atoms with Crippen LogP contribution < -0.4 is 15.5 Å². The quantitative estimate of drug-likeness (QED) is 0.380. The predicted octanol–water partition coefficient (Wildman–Crippen LogP) is 4.41. The topological polar surface area (TPSA) is 111 Å². The molecule has 1 atom stereocenters. The summed E-state index contributed by atoms with van der Waals surface area (Å²) >= 11 is 0. The fourth-order valence-electron chi connectivity index (χ4n) is 5.79. The molecule has 0 aromatic heterocycles. The number of para-hydroxylation sites is 1. The van der Waals surface area contributed by atoms with Gasteiger partial charge in [-0.25, -0.2) is 9.59 Å². The van der Waals surface area contributed by atoms with E-state index in [1.54, 1.807) is 41.0 Å². The van der Waals surface area contributed by atoms with Crippen molar-refractivity contribution >= 4 is 35.2 Å². The molecule has 4 amide bonds. The van der Waals surface area contributed by atoms with E-state index >= 15 is 0 Å². The Hall–Kier alpha value is -4.86. The first-order chi connectivity index (χ1) is 20.8. The molecule has 2 aliphatic heterocycles. The lowest BCUT2D eigenvalue weighted by molar-refractivity contribution is -0.137. The summed E-state index contributed by atoms with van der Waals surface area (Å²) in [6, 6.07) is 25.5. The van der Waals surface area contributed by atoms with E-state index in [0.717, 1.165) is 11.3 Å². The third kappa shape index (κ3) is 6.48. The fraction of sp³-hybridized carbons (Fsp3) is 0.333. The number of rotatable bonds is 8. The van der Waals surface area contributed by atoms with Crippen LogP contribution in [0.15, 0.2) is 84.9 Å². The van der Waals surface area contributed by atoms with Crippen molar-refractivity contribution < 1.29 is 23.9 Å². The molecule has 2 N–H and O–H groups in total. The van der Waals surface area contributed by atoms with Crippen molar-refractivity contribution in [1.29, 1.82) is 0 Å². The van der Waals surface area contributed by atoms with E-state index in [0.29, 0.717) is 37.2 Å². The lowest BCUT2D eigenvalue weighted by Crippen LogP contribution is -2.58. The van der Waals surface area contributed by atoms with Crippen LogP contribution in [-0.2, 0) is 14.3 Å². The van der Waals surface area contributed by atoms with Crippen LogP contribution in [0.1, 0.15) is 48.7 Å². The molecule has 2 heterocycles. The van der Waals surface area contributed by atoms with Gasteiger partial charge in [-0.05, 0) is 68.7 Å². The summed E-state index contributed by atoms with van der Waals surface area (Å²) in [5.41, 5.74) is 2.00. The minimum absolute atomic E-state index is 0.0485. The molecule has 5 rings (SSSR count). The standard InChI is InChI=1S/C33H37N5O5/c1-3-43-30(40)26-14-16-27(17-15-26)35-32(42)36-20-18-33(19-21-36)31(41)37(23-38(33)28-12-8-5-9-13-28)22-29(39)34-24(2)25-10-6-4-7-11-25/h4-17,24H,3,18-23H2,1-2H3,(H,34,39)(H,35,42). The Morgan fingerprint density at radius 3 is 2.16 bits per heavy atom. The van der Waals surface area contributed by atoms with E-state index < -0.39 is 11.5 Å². The average Bonchev–Trinajstić information content (AvgIpc) is 3.28. The number of hydrogen-bond donors (Lipinski definition) is 2. The number of piperidine rings is 1. The van der Waals surface area contributed by atoms with Gasteiger partial charge in [-0.1, -0.05) is 48.5 Å². The number of hydrogen-bond acceptors (Lipinski definition) is 6. The molecule has 2 saturated heterocycles. The number of amides is 4. The minimum atomic E-state index is -0.856. The Balaban J connectivity index is 1.25. The van der Waals surface area contributed by atoms with E-state index in [1.807, 2.05) is 67.6 Å². The van der Waals surface area contributed by atoms with Crippen LogP contribution in [-0.4, -0.2) is 72.1 Å². The second kappa shape index (κ2) is 13.0. The number of urea groups is 1. The van der Waals surface area contributed by atoms with E-state index in [2.05, 4.69) is 15.5 Å². The first-order valence-corrected chi connectivity index (χ1v) is 14.6. The number of benzene rings is 3. The maximum Gasteiger partial charge on any atom is 0.338 e. The highest BCUT2D eigenvalue weighted by molar-refractivity contribution is 5.97. The first-order valence-electron chi connectivity index (χ1n) is 14.6. The third-order valence-corrected chi connectivity index (χ3v) is 8.12. The molecule has 224 valence electrons. The van der Waals surface area contributed by atoms with E-state index in [1.165, 1.54) is 0 Å². The molecule has 0 bridgehead atoms. The maximum atomic E-state index is 14.0. The van der Waals surface area contributed by atoms with Crippen molar-refractivity contribution in [3.8, 4) is 0 Å². The van der Waals surface area contributed by atoms with Crippen LogP contribution in [0.2, 0.25) is 0 Å². The molecule has 10 heteroatoms. The van der Waals surface area contributed by atoms with Gasteiger partial charge in [-0.3, -0.25) is 9.59 Å². The van der Waals surface area contributed by atoms with Gasteiger partial charge in [0.1, 0.15) is 12.1 Å². The number of nitrogens with one attached hydrogen (secondary N) is 2. The number of nitrogens with zero attached hydrogens (tertiary/aromatic N) is 3. The molecule has 0 saturated carbocycles. The van der Waals surface area contributed by atoms with Crippen molar-refractivity contribution in [1.82, 2.24) is 15.1 Å². The summed E-state index contributed by atoms with van der Waals surface area (Å²) in [6.45, 7) is 4.93. The highest BCUT2D eigenvalue weighted by atomic mass is 16.5. The zero-order valence-corrected chi connectivity index (χ0v) is 24.5. The van der Waals surface area contributed by atoms with Crippen molar-refractivity contribution in [2.45, 2.75) is 38.3 Å². The fourth-order valence-corrected chi connectivity index (χ4v) is 5.79. The monoisotopic (exact) mass is 583 g/mol. The Morgan fingerprint density at radius 2 is 1.53 bits per heavy atom. The summed E-state index contributed by atoms with van der Waals surface area (Å²) in [5.74, 6) is -0.739. The van der Waals surface area contributed by atoms with Gasteiger partial charge in [0, 0.05) is 24.5 Å². The van der Waals surface area contributed by atoms with E-state index in [4.69, 9.17) is 4.74 Å². The van der Waals surface area contributed by atoms with Crippen molar-refractivity contribution in [3.63, 3.8) is 0 Å². The smallest absolute Gasteiger partial charge is 0.338 e. The molecule has 10 nitrogen and oxygen atoms in total. The lowest BCUT2D eigenvalue weighted by atomic mass is 9.85. The zero-order chi connectivity index (χ0) is 30.4. The Morgan fingerprint density at radius 1 is 0.907 bits per heavy atom. The van der Waals surface area contributed by atoms with E-state index in [-0.39, 0.29) is 43.7 Å². The summed E-state index contributed by atoms with van der Waals surface area (Å²) in [5, 5.41) is 5.89. The largest absolute Gasteiger partial charge is 0.462 e. The van der Waals surface area contributed by atoms with Gasteiger partial charge >= 0.3 is 12.0 Å². The molecule has 3 aromatic rings. The van der Waals surface area contributed by atoms with Crippen LogP contribution in [0.4, 0.5) is 16.2 Å². The van der Waals surface area contributed by atoms with Gasteiger partial charge in [0.15, 0.2) is 0 Å². The normalized spacial score (nSPS) is 16.6. The lowest BCUT2D eigenvalue weighted by Gasteiger charge is -2.43. The molecular formula is C33H37N5O5. The summed E-state index contributed by atoms with van der Waals surface area (Å²) < 4.78 is 5.01. The number of likely N-dealkylation sites (tertiary alicyclic amines) is 1. The Bertz CT molecular complexity index is 1440. The van der Waals surface area contributed by atoms with Gasteiger partial charge in [-0.2, -0.15) is 0 Å². The van der Waals surface area contributed by atoms with Gasteiger partial charge < -0.3 is 30.1 Å². The van der Waals surface area contributed by atoms with Crippen molar-refractivity contribution in [3.05, 3.63) is 96.1 Å². The molecule has 2 aliphatic rings. The van der Waals surface area contributed by atoms with E-state index in [9.17, 15) is 19.2 Å². The van der Waals surface area contributed by atoms with Crippen LogP contribution >= 0.6 is 0 Å². The summed E-state index contributed by atoms with van der Waals surface area (Å²) in [4.78, 5) is 57.5. The average molecular weight is 584 g/mol. The Kier molecular flexibility index (Phi) is 8.94. The van der Waals surface area contributed by atoms with Crippen LogP contribution in [0.3, 0.4) is 0 Å². The number of anilines is 2. The second-order valence-corrected chi connectivity index (χ2v) is 10.9. The van der Waals surface area contributed by atoms with Gasteiger partial charge in [0.25, 0.3) is 5.91 Å². The number of carbonyl (C=O) groups excluding carboxylic acids is 4. The van der Waals surface area contributed by atoms with Crippen molar-refractivity contribution in [2.75, 3.05) is 43.1 Å². The molecule has 2 fully saturated rings. The SMILES string of the molecule is CCOC(=O)c1ccc(NC(=O)N2CCC3(CC2)C(=O)N(CC(=O)NC(C)c2ccccc2)CN3c2ccccc2)cc1. The molecule has 3 aromatic carbocycles. The van der Waals surface area contributed by atoms with Crippen LogP contribution in [0, 0.1) is 0 Å². The minimum Gasteiger partial charge on any atom is -0.462 e. The first kappa shape index (κ1) is 29.6. The van der Waals surface area contributed by atoms with Gasteiger partial charge in [-0.15, -0.1) is 0 Å². The molecule has 1 spiro atoms. The van der Waals surface area contributed by atoms with Crippen LogP contribution in [0.5, 0.6) is 0 Å². The molecule has 0 aliphatic carbocycles. The molecular weight excluding hydrogens is 546 g/mol. The highest BCUT2D eigenvalue weighted by Gasteiger charge is 2.54. The van der Waals surface area contributed by atoms with Gasteiger partial charge in [0.2, 0.25) is 5.91 Å². The van der Waals surface area contributed by atoms with Crippen molar-refractivity contribution in [2.24, 2.45) is 0 Å². The van der Waals surface area contributed by atoms with Gasteiger partial charge in [0.05, 0.1) is 24.9 Å².